The van der Waals surface area contributed by atoms with Crippen LogP contribution < -0.4 is 5.73 Å². The van der Waals surface area contributed by atoms with Gasteiger partial charge >= 0.3 is 0 Å². The maximum atomic E-state index is 14.1. The van der Waals surface area contributed by atoms with Crippen LogP contribution in [0.1, 0.15) is 33.1 Å². The fraction of sp³-hybridized carbons (Fsp3) is 0.158. The van der Waals surface area contributed by atoms with E-state index < -0.39 is 11.6 Å². The molecule has 6 heteroatoms. The lowest BCUT2D eigenvalue weighted by Crippen LogP contribution is -2.13. The van der Waals surface area contributed by atoms with Crippen molar-refractivity contribution in [2.45, 2.75) is 20.4 Å². The predicted octanol–water partition coefficient (Wildman–Crippen LogP) is 3.97. The van der Waals surface area contributed by atoms with Crippen molar-refractivity contribution in [3.8, 4) is 5.69 Å². The second-order valence-electron chi connectivity index (χ2n) is 5.70. The molecule has 1 heterocycles. The Morgan fingerprint density at radius 1 is 1.20 bits per heavy atom. The standard InChI is InChI=1S/C19H17ClFN3O/c1-11-18(10-22)24(12(2)23-11)17-8-7-13(20)9-15(17)19(25)14-5-3-4-6-16(14)21/h3-9H,10,22H2,1-2H3. The van der Waals surface area contributed by atoms with Crippen molar-refractivity contribution in [2.75, 3.05) is 0 Å². The summed E-state index contributed by atoms with van der Waals surface area (Å²) in [6.45, 7) is 3.96. The van der Waals surface area contributed by atoms with Gasteiger partial charge < -0.3 is 5.73 Å². The van der Waals surface area contributed by atoms with Crippen LogP contribution in [0, 0.1) is 19.7 Å². The Morgan fingerprint density at radius 3 is 2.60 bits per heavy atom. The lowest BCUT2D eigenvalue weighted by atomic mass is 10.0. The third kappa shape index (κ3) is 3.08. The van der Waals surface area contributed by atoms with Gasteiger partial charge in [0.2, 0.25) is 0 Å². The number of imidazole rings is 1. The molecule has 25 heavy (non-hydrogen) atoms. The SMILES string of the molecule is Cc1nc(C)n(-c2ccc(Cl)cc2C(=O)c2ccccc2F)c1CN. The van der Waals surface area contributed by atoms with Crippen LogP contribution in [0.2, 0.25) is 5.02 Å². The number of carbonyl (C=O) groups excluding carboxylic acids is 1. The van der Waals surface area contributed by atoms with Crippen molar-refractivity contribution < 1.29 is 9.18 Å². The lowest BCUT2D eigenvalue weighted by molar-refractivity contribution is 0.103. The van der Waals surface area contributed by atoms with E-state index in [9.17, 15) is 9.18 Å². The number of aromatic nitrogens is 2. The van der Waals surface area contributed by atoms with Crippen molar-refractivity contribution in [3.63, 3.8) is 0 Å². The van der Waals surface area contributed by atoms with Crippen LogP contribution in [0.3, 0.4) is 0 Å². The van der Waals surface area contributed by atoms with Crippen molar-refractivity contribution in [1.82, 2.24) is 9.55 Å². The molecule has 3 aromatic rings. The number of hydrogen-bond acceptors (Lipinski definition) is 3. The lowest BCUT2D eigenvalue weighted by Gasteiger charge is -2.15. The second kappa shape index (κ2) is 6.78. The number of aryl methyl sites for hydroxylation is 2. The van der Waals surface area contributed by atoms with Gasteiger partial charge in [0.05, 0.1) is 22.6 Å². The minimum atomic E-state index is -0.573. The van der Waals surface area contributed by atoms with Gasteiger partial charge in [0.1, 0.15) is 11.6 Å². The highest BCUT2D eigenvalue weighted by atomic mass is 35.5. The first kappa shape index (κ1) is 17.3. The zero-order valence-electron chi connectivity index (χ0n) is 13.9. The van der Waals surface area contributed by atoms with Crippen molar-refractivity contribution in [3.05, 3.63) is 81.6 Å². The third-order valence-electron chi connectivity index (χ3n) is 4.10. The van der Waals surface area contributed by atoms with Crippen LogP contribution in [0.25, 0.3) is 5.69 Å². The molecule has 0 bridgehead atoms. The summed E-state index contributed by atoms with van der Waals surface area (Å²) in [7, 11) is 0. The minimum absolute atomic E-state index is 0.00481. The van der Waals surface area contributed by atoms with E-state index >= 15 is 0 Å². The molecule has 0 unspecified atom stereocenters. The van der Waals surface area contributed by atoms with Gasteiger partial charge in [0.25, 0.3) is 0 Å². The number of nitrogens with zero attached hydrogens (tertiary/aromatic N) is 2. The molecule has 4 nitrogen and oxygen atoms in total. The Morgan fingerprint density at radius 2 is 1.92 bits per heavy atom. The van der Waals surface area contributed by atoms with Crippen LogP contribution >= 0.6 is 11.6 Å². The van der Waals surface area contributed by atoms with Gasteiger partial charge in [-0.15, -0.1) is 0 Å². The van der Waals surface area contributed by atoms with Gasteiger partial charge in [-0.05, 0) is 44.2 Å². The molecule has 0 amide bonds. The van der Waals surface area contributed by atoms with Crippen molar-refractivity contribution in [1.29, 1.82) is 0 Å². The topological polar surface area (TPSA) is 60.9 Å². The first-order valence-electron chi connectivity index (χ1n) is 7.78. The molecule has 2 N–H and O–H groups in total. The van der Waals surface area contributed by atoms with E-state index in [1.54, 1.807) is 30.3 Å². The summed E-state index contributed by atoms with van der Waals surface area (Å²) in [5.41, 5.74) is 8.32. The Balaban J connectivity index is 2.25. The third-order valence-corrected chi connectivity index (χ3v) is 4.33. The second-order valence-corrected chi connectivity index (χ2v) is 6.14. The molecule has 0 aliphatic heterocycles. The van der Waals surface area contributed by atoms with Gasteiger partial charge in [0, 0.05) is 17.1 Å². The summed E-state index contributed by atoms with van der Waals surface area (Å²) in [4.78, 5) is 17.4. The summed E-state index contributed by atoms with van der Waals surface area (Å²) in [6, 6.07) is 10.8. The Bertz CT molecular complexity index is 965. The molecular formula is C19H17ClFN3O. The van der Waals surface area contributed by atoms with E-state index in [0.717, 1.165) is 11.4 Å². The molecule has 3 rings (SSSR count). The molecule has 0 atom stereocenters. The molecule has 0 saturated heterocycles. The number of halogens is 2. The average molecular weight is 358 g/mol. The Hall–Kier alpha value is -2.50. The molecular weight excluding hydrogens is 341 g/mol. The Kier molecular flexibility index (Phi) is 4.70. The van der Waals surface area contributed by atoms with Gasteiger partial charge in [-0.25, -0.2) is 9.37 Å². The zero-order chi connectivity index (χ0) is 18.1. The normalized spacial score (nSPS) is 10.9. The highest BCUT2D eigenvalue weighted by molar-refractivity contribution is 6.31. The number of rotatable bonds is 4. The summed E-state index contributed by atoms with van der Waals surface area (Å²) in [5.74, 6) is -0.316. The zero-order valence-corrected chi connectivity index (χ0v) is 14.6. The first-order valence-corrected chi connectivity index (χ1v) is 8.16. The molecule has 0 saturated carbocycles. The van der Waals surface area contributed by atoms with E-state index in [-0.39, 0.29) is 12.1 Å². The molecule has 1 aromatic heterocycles. The van der Waals surface area contributed by atoms with Gasteiger partial charge in [0.15, 0.2) is 5.78 Å². The van der Waals surface area contributed by atoms with E-state index in [4.69, 9.17) is 17.3 Å². The highest BCUT2D eigenvalue weighted by Crippen LogP contribution is 2.27. The van der Waals surface area contributed by atoms with E-state index in [0.29, 0.717) is 22.1 Å². The van der Waals surface area contributed by atoms with E-state index in [1.165, 1.54) is 12.1 Å². The number of hydrogen-bond donors (Lipinski definition) is 1. The maximum Gasteiger partial charge on any atom is 0.198 e. The monoisotopic (exact) mass is 357 g/mol. The largest absolute Gasteiger partial charge is 0.325 e. The Labute approximate surface area is 150 Å². The van der Waals surface area contributed by atoms with Crippen molar-refractivity contribution >= 4 is 17.4 Å². The van der Waals surface area contributed by atoms with Crippen LogP contribution in [-0.2, 0) is 6.54 Å². The molecule has 128 valence electrons. The van der Waals surface area contributed by atoms with Crippen LogP contribution in [0.15, 0.2) is 42.5 Å². The van der Waals surface area contributed by atoms with Crippen molar-refractivity contribution in [2.24, 2.45) is 5.73 Å². The van der Waals surface area contributed by atoms with Crippen LogP contribution in [-0.4, -0.2) is 15.3 Å². The molecule has 0 spiro atoms. The smallest absolute Gasteiger partial charge is 0.198 e. The van der Waals surface area contributed by atoms with Gasteiger partial charge in [-0.3, -0.25) is 9.36 Å². The van der Waals surface area contributed by atoms with Crippen LogP contribution in [0.4, 0.5) is 4.39 Å². The quantitative estimate of drug-likeness (QED) is 0.719. The van der Waals surface area contributed by atoms with Gasteiger partial charge in [-0.2, -0.15) is 0 Å². The molecule has 2 aromatic carbocycles. The molecule has 0 radical (unpaired) electrons. The van der Waals surface area contributed by atoms with Gasteiger partial charge in [-0.1, -0.05) is 23.7 Å². The first-order chi connectivity index (χ1) is 11.9. The summed E-state index contributed by atoms with van der Waals surface area (Å²) < 4.78 is 15.9. The number of carbonyl (C=O) groups is 1. The number of benzene rings is 2. The predicted molar refractivity (Wildman–Crippen MR) is 95.8 cm³/mol. The minimum Gasteiger partial charge on any atom is -0.325 e. The molecule has 0 aliphatic rings. The number of nitrogens with two attached hydrogens (primary N) is 1. The van der Waals surface area contributed by atoms with E-state index in [1.807, 2.05) is 18.4 Å². The summed E-state index contributed by atoms with van der Waals surface area (Å²) in [5, 5.41) is 0.396. The fourth-order valence-electron chi connectivity index (χ4n) is 2.95. The highest BCUT2D eigenvalue weighted by Gasteiger charge is 2.21. The summed E-state index contributed by atoms with van der Waals surface area (Å²) in [6.07, 6.45) is 0. The van der Waals surface area contributed by atoms with Crippen LogP contribution in [0.5, 0.6) is 0 Å². The maximum absolute atomic E-state index is 14.1. The molecule has 0 aliphatic carbocycles. The fourth-order valence-corrected chi connectivity index (χ4v) is 3.12. The average Bonchev–Trinajstić information content (AvgIpc) is 2.88. The molecule has 0 fully saturated rings. The van der Waals surface area contributed by atoms with E-state index in [2.05, 4.69) is 4.98 Å². The number of ketones is 1. The summed E-state index contributed by atoms with van der Waals surface area (Å²) >= 11 is 6.10.